The van der Waals surface area contributed by atoms with E-state index in [4.69, 9.17) is 0 Å². The van der Waals surface area contributed by atoms with Crippen molar-refractivity contribution in [3.8, 4) is 0 Å². The SMILES string of the molecule is CCNCC(=O)NC(C)c1cccc(C(F)(F)F)c1. The molecule has 19 heavy (non-hydrogen) atoms. The highest BCUT2D eigenvalue weighted by molar-refractivity contribution is 5.78. The molecule has 1 rings (SSSR count). The van der Waals surface area contributed by atoms with Crippen molar-refractivity contribution in [2.24, 2.45) is 0 Å². The Bertz CT molecular complexity index is 432. The molecule has 0 spiro atoms. The van der Waals surface area contributed by atoms with Gasteiger partial charge in [-0.05, 0) is 31.2 Å². The summed E-state index contributed by atoms with van der Waals surface area (Å²) in [5.74, 6) is -0.244. The minimum Gasteiger partial charge on any atom is -0.348 e. The number of amides is 1. The van der Waals surface area contributed by atoms with Crippen molar-refractivity contribution >= 4 is 5.91 Å². The van der Waals surface area contributed by atoms with Crippen LogP contribution < -0.4 is 10.6 Å². The van der Waals surface area contributed by atoms with Crippen LogP contribution in [0.3, 0.4) is 0 Å². The van der Waals surface area contributed by atoms with Gasteiger partial charge in [-0.25, -0.2) is 0 Å². The van der Waals surface area contributed by atoms with Gasteiger partial charge in [0.15, 0.2) is 0 Å². The summed E-state index contributed by atoms with van der Waals surface area (Å²) in [7, 11) is 0. The maximum absolute atomic E-state index is 12.6. The predicted molar refractivity (Wildman–Crippen MR) is 66.5 cm³/mol. The zero-order valence-corrected chi connectivity index (χ0v) is 10.8. The second kappa shape index (κ2) is 6.56. The smallest absolute Gasteiger partial charge is 0.348 e. The molecule has 0 heterocycles. The lowest BCUT2D eigenvalue weighted by atomic mass is 10.0. The van der Waals surface area contributed by atoms with Crippen LogP contribution in [0.1, 0.15) is 31.0 Å². The molecule has 3 nitrogen and oxygen atoms in total. The highest BCUT2D eigenvalue weighted by atomic mass is 19.4. The first-order chi connectivity index (χ1) is 8.84. The van der Waals surface area contributed by atoms with E-state index < -0.39 is 17.8 Å². The van der Waals surface area contributed by atoms with Crippen LogP contribution in [0.25, 0.3) is 0 Å². The average molecular weight is 274 g/mol. The molecule has 2 N–H and O–H groups in total. The lowest BCUT2D eigenvalue weighted by molar-refractivity contribution is -0.137. The van der Waals surface area contributed by atoms with Crippen LogP contribution >= 0.6 is 0 Å². The van der Waals surface area contributed by atoms with E-state index in [0.29, 0.717) is 12.1 Å². The summed E-state index contributed by atoms with van der Waals surface area (Å²) >= 11 is 0. The Kier molecular flexibility index (Phi) is 5.35. The standard InChI is InChI=1S/C13H17F3N2O/c1-3-17-8-12(19)18-9(2)10-5-4-6-11(7-10)13(14,15)16/h4-7,9,17H,3,8H2,1-2H3,(H,18,19). The van der Waals surface area contributed by atoms with Crippen molar-refractivity contribution in [3.05, 3.63) is 35.4 Å². The largest absolute Gasteiger partial charge is 0.416 e. The van der Waals surface area contributed by atoms with E-state index in [1.807, 2.05) is 6.92 Å². The van der Waals surface area contributed by atoms with E-state index in [9.17, 15) is 18.0 Å². The van der Waals surface area contributed by atoms with Crippen LogP contribution in [-0.4, -0.2) is 19.0 Å². The van der Waals surface area contributed by atoms with Gasteiger partial charge in [0.05, 0.1) is 18.2 Å². The monoisotopic (exact) mass is 274 g/mol. The first kappa shape index (κ1) is 15.5. The molecular formula is C13H17F3N2O. The van der Waals surface area contributed by atoms with Gasteiger partial charge >= 0.3 is 6.18 Å². The summed E-state index contributed by atoms with van der Waals surface area (Å²) in [5.41, 5.74) is -0.280. The van der Waals surface area contributed by atoms with Crippen molar-refractivity contribution in [2.75, 3.05) is 13.1 Å². The zero-order valence-electron chi connectivity index (χ0n) is 10.8. The van der Waals surface area contributed by atoms with Crippen molar-refractivity contribution in [2.45, 2.75) is 26.1 Å². The van der Waals surface area contributed by atoms with E-state index in [2.05, 4.69) is 10.6 Å². The summed E-state index contributed by atoms with van der Waals surface area (Å²) in [4.78, 5) is 11.5. The molecule has 0 bridgehead atoms. The van der Waals surface area contributed by atoms with E-state index in [1.54, 1.807) is 13.0 Å². The van der Waals surface area contributed by atoms with E-state index in [1.165, 1.54) is 6.07 Å². The van der Waals surface area contributed by atoms with Gasteiger partial charge in [-0.2, -0.15) is 13.2 Å². The fourth-order valence-electron chi connectivity index (χ4n) is 1.60. The molecule has 0 aliphatic carbocycles. The van der Waals surface area contributed by atoms with E-state index in [-0.39, 0.29) is 12.5 Å². The number of hydrogen-bond donors (Lipinski definition) is 2. The maximum Gasteiger partial charge on any atom is 0.416 e. The summed E-state index contributed by atoms with van der Waals surface area (Å²) < 4.78 is 37.7. The normalized spacial score (nSPS) is 13.1. The van der Waals surface area contributed by atoms with Gasteiger partial charge in [0.2, 0.25) is 5.91 Å². The third-order valence-electron chi connectivity index (χ3n) is 2.63. The van der Waals surface area contributed by atoms with Crippen molar-refractivity contribution in [1.29, 1.82) is 0 Å². The number of alkyl halides is 3. The first-order valence-electron chi connectivity index (χ1n) is 6.01. The topological polar surface area (TPSA) is 41.1 Å². The number of likely N-dealkylation sites (N-methyl/N-ethyl adjacent to an activating group) is 1. The van der Waals surface area contributed by atoms with Crippen LogP contribution in [0.4, 0.5) is 13.2 Å². The minimum atomic E-state index is -4.37. The summed E-state index contributed by atoms with van der Waals surface area (Å²) in [5, 5.41) is 5.49. The highest BCUT2D eigenvalue weighted by Crippen LogP contribution is 2.30. The summed E-state index contributed by atoms with van der Waals surface area (Å²) in [6.07, 6.45) is -4.37. The number of carbonyl (C=O) groups is 1. The van der Waals surface area contributed by atoms with Gasteiger partial charge in [-0.1, -0.05) is 19.1 Å². The van der Waals surface area contributed by atoms with Crippen LogP contribution in [0, 0.1) is 0 Å². The molecule has 1 amide bonds. The lowest BCUT2D eigenvalue weighted by Crippen LogP contribution is -2.35. The van der Waals surface area contributed by atoms with Gasteiger partial charge in [0, 0.05) is 0 Å². The van der Waals surface area contributed by atoms with Crippen LogP contribution in [-0.2, 0) is 11.0 Å². The third kappa shape index (κ3) is 4.90. The van der Waals surface area contributed by atoms with Crippen LogP contribution in [0.2, 0.25) is 0 Å². The third-order valence-corrected chi connectivity index (χ3v) is 2.63. The summed E-state index contributed by atoms with van der Waals surface area (Å²) in [6, 6.07) is 4.50. The number of halogens is 3. The highest BCUT2D eigenvalue weighted by Gasteiger charge is 2.30. The Morgan fingerprint density at radius 2 is 2.05 bits per heavy atom. The van der Waals surface area contributed by atoms with E-state index >= 15 is 0 Å². The number of rotatable bonds is 5. The Morgan fingerprint density at radius 3 is 2.63 bits per heavy atom. The van der Waals surface area contributed by atoms with Gasteiger partial charge < -0.3 is 10.6 Å². The van der Waals surface area contributed by atoms with E-state index in [0.717, 1.165) is 12.1 Å². The van der Waals surface area contributed by atoms with Crippen LogP contribution in [0.5, 0.6) is 0 Å². The zero-order chi connectivity index (χ0) is 14.5. The molecule has 1 aromatic rings. The Labute approximate surface area is 110 Å². The molecule has 0 aromatic heterocycles. The molecule has 0 saturated carbocycles. The number of nitrogens with one attached hydrogen (secondary N) is 2. The Hall–Kier alpha value is -1.56. The number of benzene rings is 1. The minimum absolute atomic E-state index is 0.153. The Morgan fingerprint density at radius 1 is 1.37 bits per heavy atom. The molecule has 6 heteroatoms. The Balaban J connectivity index is 2.72. The second-order valence-corrected chi connectivity index (χ2v) is 4.19. The van der Waals surface area contributed by atoms with Crippen molar-refractivity contribution < 1.29 is 18.0 Å². The molecule has 0 radical (unpaired) electrons. The quantitative estimate of drug-likeness (QED) is 0.866. The van der Waals surface area contributed by atoms with Gasteiger partial charge in [-0.3, -0.25) is 4.79 Å². The second-order valence-electron chi connectivity index (χ2n) is 4.19. The number of carbonyl (C=O) groups excluding carboxylic acids is 1. The van der Waals surface area contributed by atoms with Gasteiger partial charge in [-0.15, -0.1) is 0 Å². The molecule has 1 atom stereocenters. The average Bonchev–Trinajstić information content (AvgIpc) is 2.35. The molecule has 1 unspecified atom stereocenters. The molecule has 0 saturated heterocycles. The van der Waals surface area contributed by atoms with Crippen molar-refractivity contribution in [1.82, 2.24) is 10.6 Å². The molecular weight excluding hydrogens is 257 g/mol. The predicted octanol–water partition coefficient (Wildman–Crippen LogP) is 2.49. The van der Waals surface area contributed by atoms with Crippen molar-refractivity contribution in [3.63, 3.8) is 0 Å². The first-order valence-corrected chi connectivity index (χ1v) is 6.01. The molecule has 1 aromatic carbocycles. The van der Waals surface area contributed by atoms with Gasteiger partial charge in [0.1, 0.15) is 0 Å². The molecule has 106 valence electrons. The molecule has 0 aliphatic heterocycles. The van der Waals surface area contributed by atoms with Gasteiger partial charge in [0.25, 0.3) is 0 Å². The summed E-state index contributed by atoms with van der Waals surface area (Å²) in [6.45, 7) is 4.33. The molecule has 0 aliphatic rings. The van der Waals surface area contributed by atoms with Crippen LogP contribution in [0.15, 0.2) is 24.3 Å². The fourth-order valence-corrected chi connectivity index (χ4v) is 1.60. The number of hydrogen-bond acceptors (Lipinski definition) is 2. The lowest BCUT2D eigenvalue weighted by Gasteiger charge is -2.16. The molecule has 0 fully saturated rings. The fraction of sp³-hybridized carbons (Fsp3) is 0.462. The maximum atomic E-state index is 12.6.